The maximum Gasteiger partial charge on any atom is 0.323 e. The van der Waals surface area contributed by atoms with E-state index in [0.717, 1.165) is 0 Å². The fraction of sp³-hybridized carbons (Fsp3) is 0.154. The molecule has 0 spiro atoms. The largest absolute Gasteiger partial charge is 0.378 e. The van der Waals surface area contributed by atoms with E-state index >= 15 is 4.39 Å². The molecule has 0 saturated carbocycles. The van der Waals surface area contributed by atoms with Crippen LogP contribution in [0.4, 0.5) is 30.8 Å². The predicted molar refractivity (Wildman–Crippen MR) is 136 cm³/mol. The Bertz CT molecular complexity index is 1490. The van der Waals surface area contributed by atoms with Crippen molar-refractivity contribution < 1.29 is 23.1 Å². The lowest BCUT2D eigenvalue weighted by atomic mass is 10.0. The van der Waals surface area contributed by atoms with Crippen molar-refractivity contribution >= 4 is 51.6 Å². The van der Waals surface area contributed by atoms with Crippen LogP contribution in [0.25, 0.3) is 11.0 Å². The van der Waals surface area contributed by atoms with Gasteiger partial charge >= 0.3 is 6.03 Å². The molecule has 1 fully saturated rings. The van der Waals surface area contributed by atoms with Gasteiger partial charge in [0, 0.05) is 24.3 Å². The second-order valence-electron chi connectivity index (χ2n) is 8.23. The Morgan fingerprint density at radius 1 is 0.946 bits per heavy atom. The van der Waals surface area contributed by atoms with E-state index in [-0.39, 0.29) is 16.3 Å². The Hall–Kier alpha value is -4.15. The zero-order valence-electron chi connectivity index (χ0n) is 19.3. The first-order valence-electron chi connectivity index (χ1n) is 11.3. The monoisotopic (exact) mass is 523 g/mol. The van der Waals surface area contributed by atoms with Crippen LogP contribution in [0.15, 0.2) is 60.8 Å². The minimum absolute atomic E-state index is 0.111. The highest BCUT2D eigenvalue weighted by Crippen LogP contribution is 2.29. The topological polar surface area (TPSA) is 96.5 Å². The second-order valence-corrected chi connectivity index (χ2v) is 8.64. The molecule has 8 nitrogen and oxygen atoms in total. The summed E-state index contributed by atoms with van der Waals surface area (Å²) in [5, 5.41) is 4.71. The fourth-order valence-electron chi connectivity index (χ4n) is 3.91. The molecule has 0 unspecified atom stereocenters. The number of hydrogen-bond donors (Lipinski definition) is 2. The summed E-state index contributed by atoms with van der Waals surface area (Å²) in [6, 6.07) is 11.5. The summed E-state index contributed by atoms with van der Waals surface area (Å²) in [7, 11) is 0. The summed E-state index contributed by atoms with van der Waals surface area (Å²) in [6.07, 6.45) is 1.66. The number of morpholine rings is 1. The molecule has 188 valence electrons. The molecule has 37 heavy (non-hydrogen) atoms. The average molecular weight is 524 g/mol. The van der Waals surface area contributed by atoms with E-state index in [1.165, 1.54) is 48.5 Å². The number of halogens is 3. The number of urea groups is 1. The lowest BCUT2D eigenvalue weighted by Gasteiger charge is -2.27. The highest BCUT2D eigenvalue weighted by Gasteiger charge is 2.23. The lowest BCUT2D eigenvalue weighted by Crippen LogP contribution is -2.36. The van der Waals surface area contributed by atoms with Crippen LogP contribution in [0.2, 0.25) is 5.02 Å². The normalized spacial score (nSPS) is 13.4. The van der Waals surface area contributed by atoms with Crippen molar-refractivity contribution in [1.82, 2.24) is 9.97 Å². The number of aromatic nitrogens is 2. The Labute approximate surface area is 215 Å². The minimum Gasteiger partial charge on any atom is -0.378 e. The van der Waals surface area contributed by atoms with Gasteiger partial charge in [0.05, 0.1) is 46.7 Å². The molecule has 0 aliphatic carbocycles. The number of benzene rings is 3. The number of carbonyl (C=O) groups excluding carboxylic acids is 2. The maximum atomic E-state index is 15.4. The van der Waals surface area contributed by atoms with E-state index in [1.54, 1.807) is 12.3 Å². The van der Waals surface area contributed by atoms with Crippen LogP contribution >= 0.6 is 11.6 Å². The third-order valence-electron chi connectivity index (χ3n) is 5.80. The van der Waals surface area contributed by atoms with Crippen LogP contribution in [0, 0.1) is 11.6 Å². The summed E-state index contributed by atoms with van der Waals surface area (Å²) in [5.41, 5.74) is 0.876. The second kappa shape index (κ2) is 10.5. The van der Waals surface area contributed by atoms with Gasteiger partial charge in [0.15, 0.2) is 11.6 Å². The van der Waals surface area contributed by atoms with Gasteiger partial charge in [-0.05, 0) is 54.6 Å². The predicted octanol–water partition coefficient (Wildman–Crippen LogP) is 5.27. The molecular weight excluding hydrogens is 504 g/mol. The number of amides is 2. The number of ketones is 1. The van der Waals surface area contributed by atoms with Gasteiger partial charge in [0.25, 0.3) is 0 Å². The standard InChI is InChI=1S/C26H20ClF2N5O3/c27-18-6-8-20(33-26(36)31-17-4-2-16(28)3-5-17)24(29)23(18)25(35)15-1-7-19-21(13-15)32-22(14-30-19)34-9-11-37-12-10-34/h1-8,13-14H,9-12H2,(H2,31,33,36). The summed E-state index contributed by atoms with van der Waals surface area (Å²) < 4.78 is 33.8. The van der Waals surface area contributed by atoms with Gasteiger partial charge in [-0.25, -0.2) is 18.6 Å². The Morgan fingerprint density at radius 2 is 1.70 bits per heavy atom. The van der Waals surface area contributed by atoms with Crippen molar-refractivity contribution in [3.63, 3.8) is 0 Å². The molecule has 4 aromatic rings. The SMILES string of the molecule is O=C(Nc1ccc(F)cc1)Nc1ccc(Cl)c(C(=O)c2ccc3ncc(N4CCOCC4)nc3c2)c1F. The highest BCUT2D eigenvalue weighted by atomic mass is 35.5. The van der Waals surface area contributed by atoms with Crippen molar-refractivity contribution in [1.29, 1.82) is 0 Å². The third-order valence-corrected chi connectivity index (χ3v) is 6.11. The molecule has 3 aromatic carbocycles. The van der Waals surface area contributed by atoms with Crippen molar-refractivity contribution in [2.45, 2.75) is 0 Å². The number of nitrogens with one attached hydrogen (secondary N) is 2. The number of anilines is 3. The zero-order chi connectivity index (χ0) is 25.9. The van der Waals surface area contributed by atoms with Gasteiger partial charge in [0.2, 0.25) is 0 Å². The molecule has 1 aromatic heterocycles. The average Bonchev–Trinajstić information content (AvgIpc) is 2.91. The number of hydrogen-bond acceptors (Lipinski definition) is 6. The number of fused-ring (bicyclic) bond motifs is 1. The molecule has 2 heterocycles. The Balaban J connectivity index is 1.40. The van der Waals surface area contributed by atoms with Gasteiger partial charge in [-0.1, -0.05) is 11.6 Å². The van der Waals surface area contributed by atoms with Gasteiger partial charge < -0.3 is 20.3 Å². The van der Waals surface area contributed by atoms with Crippen LogP contribution in [0.1, 0.15) is 15.9 Å². The molecule has 1 aliphatic heterocycles. The van der Waals surface area contributed by atoms with Crippen LogP contribution in [0.5, 0.6) is 0 Å². The molecule has 11 heteroatoms. The molecular formula is C26H20ClF2N5O3. The van der Waals surface area contributed by atoms with Crippen LogP contribution < -0.4 is 15.5 Å². The number of ether oxygens (including phenoxy) is 1. The first kappa shape index (κ1) is 24.5. The summed E-state index contributed by atoms with van der Waals surface area (Å²) in [5.74, 6) is -1.47. The highest BCUT2D eigenvalue weighted by molar-refractivity contribution is 6.35. The molecule has 0 radical (unpaired) electrons. The van der Waals surface area contributed by atoms with Crippen LogP contribution in [-0.2, 0) is 4.74 Å². The molecule has 0 bridgehead atoms. The van der Waals surface area contributed by atoms with Gasteiger partial charge in [-0.15, -0.1) is 0 Å². The van der Waals surface area contributed by atoms with Crippen molar-refractivity contribution in [2.75, 3.05) is 41.8 Å². The van der Waals surface area contributed by atoms with Crippen molar-refractivity contribution in [2.24, 2.45) is 0 Å². The van der Waals surface area contributed by atoms with Gasteiger partial charge in [-0.2, -0.15) is 0 Å². The van der Waals surface area contributed by atoms with E-state index in [1.807, 2.05) is 4.90 Å². The van der Waals surface area contributed by atoms with Gasteiger partial charge in [-0.3, -0.25) is 9.78 Å². The van der Waals surface area contributed by atoms with Gasteiger partial charge in [0.1, 0.15) is 11.6 Å². The number of rotatable bonds is 5. The molecule has 5 rings (SSSR count). The Kier molecular flexibility index (Phi) is 6.93. The summed E-state index contributed by atoms with van der Waals surface area (Å²) in [4.78, 5) is 36.7. The van der Waals surface area contributed by atoms with E-state index in [2.05, 4.69) is 20.6 Å². The first-order chi connectivity index (χ1) is 17.9. The zero-order valence-corrected chi connectivity index (χ0v) is 20.1. The smallest absolute Gasteiger partial charge is 0.323 e. The maximum absolute atomic E-state index is 15.4. The number of carbonyl (C=O) groups is 2. The summed E-state index contributed by atoms with van der Waals surface area (Å²) in [6.45, 7) is 2.52. The third kappa shape index (κ3) is 5.35. The number of nitrogens with zero attached hydrogens (tertiary/aromatic N) is 3. The Morgan fingerprint density at radius 3 is 2.46 bits per heavy atom. The molecule has 2 amide bonds. The lowest BCUT2D eigenvalue weighted by molar-refractivity contribution is 0.103. The van der Waals surface area contributed by atoms with Crippen molar-refractivity contribution in [3.8, 4) is 0 Å². The van der Waals surface area contributed by atoms with Crippen molar-refractivity contribution in [3.05, 3.63) is 88.6 Å². The molecule has 1 saturated heterocycles. The summed E-state index contributed by atoms with van der Waals surface area (Å²) >= 11 is 6.20. The quantitative estimate of drug-likeness (QED) is 0.346. The first-order valence-corrected chi connectivity index (χ1v) is 11.7. The van der Waals surface area contributed by atoms with Crippen LogP contribution in [0.3, 0.4) is 0 Å². The molecule has 1 aliphatic rings. The van der Waals surface area contributed by atoms with E-state index in [9.17, 15) is 14.0 Å². The van der Waals surface area contributed by atoms with E-state index < -0.39 is 29.0 Å². The van der Waals surface area contributed by atoms with E-state index in [4.69, 9.17) is 16.3 Å². The fourth-order valence-corrected chi connectivity index (χ4v) is 4.14. The molecule has 2 N–H and O–H groups in total. The minimum atomic E-state index is -0.986. The molecule has 0 atom stereocenters. The van der Waals surface area contributed by atoms with Crippen LogP contribution in [-0.4, -0.2) is 48.1 Å². The van der Waals surface area contributed by atoms with E-state index in [0.29, 0.717) is 48.8 Å².